The first-order valence-corrected chi connectivity index (χ1v) is 9.55. The number of hydrogen-bond acceptors (Lipinski definition) is 5. The number of nitrogens with zero attached hydrogens (tertiary/aromatic N) is 4. The molecular weight excluding hydrogens is 354 g/mol. The molecule has 0 amide bonds. The standard InChI is InChI=1S/C21H25N5O2/c1-13-2-3-14(8-17(13)24-11-22)4-5-15-9-18(20(28)19(15)27)26-7-6-16-10-23-12-25-21(16)26/h2-3,6-8,10-12,15,18-20,27-28H,4-5,9H2,1H3,(H2,22,24)/t15-,18+,19+,20-/m0/s1. The van der Waals surface area contributed by atoms with Crippen LogP contribution >= 0.6 is 0 Å². The number of aromatic nitrogens is 3. The van der Waals surface area contributed by atoms with Crippen molar-refractivity contribution in [3.05, 3.63) is 54.1 Å². The van der Waals surface area contributed by atoms with Crippen LogP contribution in [0.15, 0.2) is 48.0 Å². The van der Waals surface area contributed by atoms with E-state index in [-0.39, 0.29) is 12.0 Å². The van der Waals surface area contributed by atoms with Gasteiger partial charge in [-0.15, -0.1) is 0 Å². The van der Waals surface area contributed by atoms with Crippen molar-refractivity contribution in [3.63, 3.8) is 0 Å². The summed E-state index contributed by atoms with van der Waals surface area (Å²) >= 11 is 0. The summed E-state index contributed by atoms with van der Waals surface area (Å²) in [6.45, 7) is 2.00. The molecule has 4 N–H and O–H groups in total. The van der Waals surface area contributed by atoms with Gasteiger partial charge in [0, 0.05) is 17.8 Å². The molecule has 2 heterocycles. The SMILES string of the molecule is Cc1ccc(CC[C@H]2C[C@@H](n3ccc4cncnc43)[C@H](O)[C@@H]2O)cc1/N=C\N. The minimum absolute atomic E-state index is 0.0158. The smallest absolute Gasteiger partial charge is 0.143 e. The molecule has 1 fully saturated rings. The normalized spacial score (nSPS) is 25.1. The average Bonchev–Trinajstić information content (AvgIpc) is 3.24. The molecule has 1 saturated carbocycles. The molecule has 1 aliphatic carbocycles. The summed E-state index contributed by atoms with van der Waals surface area (Å²) in [5.41, 5.74) is 9.30. The lowest BCUT2D eigenvalue weighted by Gasteiger charge is -2.19. The van der Waals surface area contributed by atoms with Crippen LogP contribution in [0.1, 0.15) is 30.0 Å². The van der Waals surface area contributed by atoms with Gasteiger partial charge in [-0.1, -0.05) is 12.1 Å². The summed E-state index contributed by atoms with van der Waals surface area (Å²) in [5, 5.41) is 22.2. The van der Waals surface area contributed by atoms with Gasteiger partial charge in [0.15, 0.2) is 0 Å². The Morgan fingerprint density at radius 2 is 2.14 bits per heavy atom. The monoisotopic (exact) mass is 379 g/mol. The number of rotatable bonds is 5. The summed E-state index contributed by atoms with van der Waals surface area (Å²) in [4.78, 5) is 12.6. The van der Waals surface area contributed by atoms with Gasteiger partial charge in [-0.3, -0.25) is 0 Å². The Balaban J connectivity index is 1.49. The molecule has 0 bridgehead atoms. The van der Waals surface area contributed by atoms with Gasteiger partial charge in [0.05, 0.1) is 24.2 Å². The number of aliphatic hydroxyl groups excluding tert-OH is 2. The first-order valence-electron chi connectivity index (χ1n) is 9.55. The molecule has 7 nitrogen and oxygen atoms in total. The van der Waals surface area contributed by atoms with Crippen molar-refractivity contribution in [1.29, 1.82) is 0 Å². The van der Waals surface area contributed by atoms with Gasteiger partial charge in [0.1, 0.15) is 18.1 Å². The van der Waals surface area contributed by atoms with Crippen LogP contribution in [-0.4, -0.2) is 43.3 Å². The van der Waals surface area contributed by atoms with Crippen molar-refractivity contribution >= 4 is 23.1 Å². The van der Waals surface area contributed by atoms with Crippen LogP contribution in [-0.2, 0) is 6.42 Å². The fraction of sp³-hybridized carbons (Fsp3) is 0.381. The van der Waals surface area contributed by atoms with Crippen LogP contribution in [0.2, 0.25) is 0 Å². The number of aliphatic hydroxyl groups is 2. The Bertz CT molecular complexity index is 999. The molecule has 4 atom stereocenters. The zero-order chi connectivity index (χ0) is 19.7. The van der Waals surface area contributed by atoms with E-state index >= 15 is 0 Å². The van der Waals surface area contributed by atoms with Crippen molar-refractivity contribution in [2.24, 2.45) is 16.6 Å². The first kappa shape index (κ1) is 18.6. The molecule has 3 aromatic rings. The molecule has 7 heteroatoms. The van der Waals surface area contributed by atoms with Crippen molar-refractivity contribution in [2.45, 2.75) is 44.4 Å². The van der Waals surface area contributed by atoms with Gasteiger partial charge in [0.25, 0.3) is 0 Å². The van der Waals surface area contributed by atoms with Crippen LogP contribution in [0, 0.1) is 12.8 Å². The van der Waals surface area contributed by atoms with E-state index < -0.39 is 12.2 Å². The van der Waals surface area contributed by atoms with Gasteiger partial charge < -0.3 is 20.5 Å². The highest BCUT2D eigenvalue weighted by Crippen LogP contribution is 2.39. The zero-order valence-electron chi connectivity index (χ0n) is 15.8. The molecule has 0 radical (unpaired) electrons. The van der Waals surface area contributed by atoms with E-state index in [4.69, 9.17) is 5.73 Å². The van der Waals surface area contributed by atoms with Crippen molar-refractivity contribution in [2.75, 3.05) is 0 Å². The number of aryl methyl sites for hydroxylation is 2. The Hall–Kier alpha value is -2.77. The van der Waals surface area contributed by atoms with E-state index in [1.807, 2.05) is 35.9 Å². The van der Waals surface area contributed by atoms with E-state index in [1.165, 1.54) is 12.7 Å². The molecule has 0 aliphatic heterocycles. The third-order valence-corrected chi connectivity index (χ3v) is 5.80. The fourth-order valence-corrected chi connectivity index (χ4v) is 4.21. The number of fused-ring (bicyclic) bond motifs is 1. The largest absolute Gasteiger partial charge is 0.390 e. The van der Waals surface area contributed by atoms with Crippen LogP contribution in [0.3, 0.4) is 0 Å². The van der Waals surface area contributed by atoms with E-state index in [1.54, 1.807) is 6.20 Å². The highest BCUT2D eigenvalue weighted by Gasteiger charge is 2.42. The van der Waals surface area contributed by atoms with Gasteiger partial charge in [0.2, 0.25) is 0 Å². The minimum atomic E-state index is -0.814. The van der Waals surface area contributed by atoms with Crippen LogP contribution in [0.5, 0.6) is 0 Å². The third-order valence-electron chi connectivity index (χ3n) is 5.80. The molecular formula is C21H25N5O2. The predicted molar refractivity (Wildman–Crippen MR) is 109 cm³/mol. The molecule has 1 aromatic carbocycles. The van der Waals surface area contributed by atoms with Crippen molar-refractivity contribution in [1.82, 2.24) is 14.5 Å². The second-order valence-electron chi connectivity index (χ2n) is 7.51. The molecule has 28 heavy (non-hydrogen) atoms. The molecule has 4 rings (SSSR count). The number of benzene rings is 1. The summed E-state index contributed by atoms with van der Waals surface area (Å²) in [6, 6.07) is 7.89. The average molecular weight is 379 g/mol. The molecule has 0 unspecified atom stereocenters. The van der Waals surface area contributed by atoms with Gasteiger partial charge in [-0.25, -0.2) is 15.0 Å². The van der Waals surface area contributed by atoms with Crippen LogP contribution < -0.4 is 5.73 Å². The highest BCUT2D eigenvalue weighted by molar-refractivity contribution is 5.74. The molecule has 146 valence electrons. The maximum atomic E-state index is 10.7. The Kier molecular flexibility index (Phi) is 5.11. The quantitative estimate of drug-likeness (QED) is 0.465. The topological polar surface area (TPSA) is 110 Å². The Labute approximate surface area is 163 Å². The van der Waals surface area contributed by atoms with Gasteiger partial charge in [-0.2, -0.15) is 0 Å². The lowest BCUT2D eigenvalue weighted by Crippen LogP contribution is -2.29. The maximum absolute atomic E-state index is 10.7. The molecule has 1 aliphatic rings. The summed E-state index contributed by atoms with van der Waals surface area (Å²) in [7, 11) is 0. The van der Waals surface area contributed by atoms with Gasteiger partial charge >= 0.3 is 0 Å². The fourth-order valence-electron chi connectivity index (χ4n) is 4.21. The van der Waals surface area contributed by atoms with Crippen molar-refractivity contribution < 1.29 is 10.2 Å². The lowest BCUT2D eigenvalue weighted by molar-refractivity contribution is 0.00545. The highest BCUT2D eigenvalue weighted by atomic mass is 16.3. The molecule has 2 aromatic heterocycles. The van der Waals surface area contributed by atoms with E-state index in [0.717, 1.165) is 40.7 Å². The number of hydrogen-bond donors (Lipinski definition) is 3. The summed E-state index contributed by atoms with van der Waals surface area (Å²) in [5.74, 6) is 0.0158. The number of nitrogens with two attached hydrogens (primary N) is 1. The molecule has 0 saturated heterocycles. The molecule has 0 spiro atoms. The van der Waals surface area contributed by atoms with E-state index in [9.17, 15) is 10.2 Å². The first-order chi connectivity index (χ1) is 13.6. The lowest BCUT2D eigenvalue weighted by atomic mass is 9.95. The second-order valence-corrected chi connectivity index (χ2v) is 7.51. The number of aliphatic imine (C=N–C) groups is 1. The third kappa shape index (κ3) is 3.39. The zero-order valence-corrected chi connectivity index (χ0v) is 15.8. The van der Waals surface area contributed by atoms with Crippen LogP contribution in [0.25, 0.3) is 11.0 Å². The minimum Gasteiger partial charge on any atom is -0.390 e. The van der Waals surface area contributed by atoms with Crippen LogP contribution in [0.4, 0.5) is 5.69 Å². The Morgan fingerprint density at radius 1 is 1.29 bits per heavy atom. The second kappa shape index (κ2) is 7.69. The van der Waals surface area contributed by atoms with Crippen molar-refractivity contribution in [3.8, 4) is 0 Å². The summed E-state index contributed by atoms with van der Waals surface area (Å²) < 4.78 is 1.96. The van der Waals surface area contributed by atoms with E-state index in [0.29, 0.717) is 6.42 Å². The van der Waals surface area contributed by atoms with E-state index in [2.05, 4.69) is 21.0 Å². The summed E-state index contributed by atoms with van der Waals surface area (Å²) in [6.07, 6.45) is 7.22. The maximum Gasteiger partial charge on any atom is 0.143 e. The van der Waals surface area contributed by atoms with Gasteiger partial charge in [-0.05, 0) is 55.4 Å². The predicted octanol–water partition coefficient (Wildman–Crippen LogP) is 2.27. The Morgan fingerprint density at radius 3 is 2.96 bits per heavy atom.